The quantitative estimate of drug-likeness (QED) is 0.805. The molecule has 1 atom stereocenters. The molecule has 0 spiro atoms. The molecule has 2 aromatic heterocycles. The Morgan fingerprint density at radius 2 is 2.08 bits per heavy atom. The zero-order valence-electron chi connectivity index (χ0n) is 13.2. The Hall–Kier alpha value is -2.73. The van der Waals surface area contributed by atoms with Gasteiger partial charge in [0.05, 0.1) is 22.9 Å². The lowest BCUT2D eigenvalue weighted by molar-refractivity contribution is -0.129. The van der Waals surface area contributed by atoms with E-state index < -0.39 is 0 Å². The van der Waals surface area contributed by atoms with Crippen molar-refractivity contribution >= 4 is 22.6 Å². The van der Waals surface area contributed by atoms with E-state index in [1.807, 2.05) is 41.0 Å². The van der Waals surface area contributed by atoms with Gasteiger partial charge >= 0.3 is 0 Å². The maximum absolute atomic E-state index is 12.2. The monoisotopic (exact) mass is 322 g/mol. The Morgan fingerprint density at radius 3 is 2.88 bits per heavy atom. The number of aromatic nitrogens is 3. The summed E-state index contributed by atoms with van der Waals surface area (Å²) in [6.07, 6.45) is 5.89. The van der Waals surface area contributed by atoms with Gasteiger partial charge in [0.25, 0.3) is 5.91 Å². The van der Waals surface area contributed by atoms with Crippen LogP contribution in [0.15, 0.2) is 48.9 Å². The lowest BCUT2D eigenvalue weighted by Gasteiger charge is -2.21. The van der Waals surface area contributed by atoms with Crippen molar-refractivity contribution in [1.29, 1.82) is 0 Å². The van der Waals surface area contributed by atoms with E-state index in [4.69, 9.17) is 4.74 Å². The first-order chi connectivity index (χ1) is 11.8. The largest absolute Gasteiger partial charge is 0.368 e. The first-order valence-corrected chi connectivity index (χ1v) is 8.12. The second-order valence-electron chi connectivity index (χ2n) is 5.85. The van der Waals surface area contributed by atoms with Crippen molar-refractivity contribution in [2.24, 2.45) is 0 Å². The number of para-hydroxylation sites is 2. The SMILES string of the molecule is O=C(Nc1ccc(-n2cnc3ccccc32)nc1)C1CCCCO1. The summed E-state index contributed by atoms with van der Waals surface area (Å²) in [5, 5.41) is 2.87. The molecule has 3 heterocycles. The van der Waals surface area contributed by atoms with Crippen molar-refractivity contribution in [2.45, 2.75) is 25.4 Å². The Morgan fingerprint density at radius 1 is 1.17 bits per heavy atom. The molecule has 1 aliphatic heterocycles. The van der Waals surface area contributed by atoms with E-state index in [-0.39, 0.29) is 12.0 Å². The van der Waals surface area contributed by atoms with Crippen LogP contribution in [-0.4, -0.2) is 33.2 Å². The summed E-state index contributed by atoms with van der Waals surface area (Å²) in [4.78, 5) is 21.0. The van der Waals surface area contributed by atoms with Gasteiger partial charge in [0.2, 0.25) is 0 Å². The third-order valence-corrected chi connectivity index (χ3v) is 4.19. The van der Waals surface area contributed by atoms with Crippen LogP contribution in [0.5, 0.6) is 0 Å². The minimum absolute atomic E-state index is 0.0997. The Kier molecular flexibility index (Phi) is 3.96. The maximum Gasteiger partial charge on any atom is 0.253 e. The molecule has 24 heavy (non-hydrogen) atoms. The van der Waals surface area contributed by atoms with Gasteiger partial charge in [-0.3, -0.25) is 9.36 Å². The number of carbonyl (C=O) groups is 1. The minimum atomic E-state index is -0.351. The smallest absolute Gasteiger partial charge is 0.253 e. The molecular weight excluding hydrogens is 304 g/mol. The predicted octanol–water partition coefficient (Wildman–Crippen LogP) is 2.93. The molecule has 1 aromatic carbocycles. The molecule has 3 aromatic rings. The number of hydrogen-bond donors (Lipinski definition) is 1. The molecule has 1 aliphatic rings. The molecule has 1 unspecified atom stereocenters. The summed E-state index contributed by atoms with van der Waals surface area (Å²) in [5.41, 5.74) is 2.59. The number of carbonyl (C=O) groups excluding carboxylic acids is 1. The third kappa shape index (κ3) is 2.88. The Balaban J connectivity index is 1.51. The standard InChI is InChI=1S/C18H18N4O2/c23-18(16-7-3-4-10-24-16)21-13-8-9-17(19-11-13)22-12-20-14-5-1-2-6-15(14)22/h1-2,5-6,8-9,11-12,16H,3-4,7,10H2,(H,21,23). The number of hydrogen-bond acceptors (Lipinski definition) is 4. The number of fused-ring (bicyclic) bond motifs is 1. The summed E-state index contributed by atoms with van der Waals surface area (Å²) < 4.78 is 7.42. The molecule has 4 rings (SSSR count). The molecule has 1 N–H and O–H groups in total. The molecule has 6 heteroatoms. The molecule has 1 fully saturated rings. The van der Waals surface area contributed by atoms with Crippen LogP contribution < -0.4 is 5.32 Å². The van der Waals surface area contributed by atoms with E-state index >= 15 is 0 Å². The van der Waals surface area contributed by atoms with Gasteiger partial charge in [-0.1, -0.05) is 12.1 Å². The number of imidazole rings is 1. The summed E-state index contributed by atoms with van der Waals surface area (Å²) >= 11 is 0. The summed E-state index contributed by atoms with van der Waals surface area (Å²) in [5.74, 6) is 0.660. The molecular formula is C18H18N4O2. The molecule has 0 saturated carbocycles. The van der Waals surface area contributed by atoms with Gasteiger partial charge in [0, 0.05) is 6.61 Å². The number of anilines is 1. The number of benzene rings is 1. The summed E-state index contributed by atoms with van der Waals surface area (Å²) in [6, 6.07) is 11.6. The maximum atomic E-state index is 12.2. The molecule has 1 amide bonds. The third-order valence-electron chi connectivity index (χ3n) is 4.19. The van der Waals surface area contributed by atoms with Crippen molar-refractivity contribution in [3.05, 3.63) is 48.9 Å². The van der Waals surface area contributed by atoms with Gasteiger partial charge in [0.15, 0.2) is 0 Å². The van der Waals surface area contributed by atoms with E-state index in [2.05, 4.69) is 15.3 Å². The van der Waals surface area contributed by atoms with E-state index in [1.54, 1.807) is 12.5 Å². The number of pyridine rings is 1. The van der Waals surface area contributed by atoms with Gasteiger partial charge < -0.3 is 10.1 Å². The fraction of sp³-hybridized carbons (Fsp3) is 0.278. The second-order valence-corrected chi connectivity index (χ2v) is 5.85. The molecule has 6 nitrogen and oxygen atoms in total. The number of rotatable bonds is 3. The normalized spacial score (nSPS) is 17.8. The lowest BCUT2D eigenvalue weighted by Crippen LogP contribution is -2.33. The van der Waals surface area contributed by atoms with Crippen LogP contribution in [0.25, 0.3) is 16.9 Å². The highest BCUT2D eigenvalue weighted by atomic mass is 16.5. The van der Waals surface area contributed by atoms with Crippen molar-refractivity contribution < 1.29 is 9.53 Å². The Bertz CT molecular complexity index is 851. The first kappa shape index (κ1) is 14.8. The van der Waals surface area contributed by atoms with Crippen LogP contribution in [0.3, 0.4) is 0 Å². The fourth-order valence-electron chi connectivity index (χ4n) is 2.91. The molecule has 0 aliphatic carbocycles. The van der Waals surface area contributed by atoms with Crippen LogP contribution in [0.1, 0.15) is 19.3 Å². The zero-order chi connectivity index (χ0) is 16.4. The highest BCUT2D eigenvalue weighted by molar-refractivity contribution is 5.94. The summed E-state index contributed by atoms with van der Waals surface area (Å²) in [7, 11) is 0. The van der Waals surface area contributed by atoms with Crippen LogP contribution in [0.2, 0.25) is 0 Å². The molecule has 0 bridgehead atoms. The fourth-order valence-corrected chi connectivity index (χ4v) is 2.91. The molecule has 1 saturated heterocycles. The van der Waals surface area contributed by atoms with Crippen molar-refractivity contribution in [3.8, 4) is 5.82 Å². The van der Waals surface area contributed by atoms with Gasteiger partial charge in [-0.2, -0.15) is 0 Å². The number of nitrogens with one attached hydrogen (secondary N) is 1. The zero-order valence-corrected chi connectivity index (χ0v) is 13.2. The van der Waals surface area contributed by atoms with Crippen LogP contribution >= 0.6 is 0 Å². The highest BCUT2D eigenvalue weighted by Crippen LogP contribution is 2.18. The van der Waals surface area contributed by atoms with Crippen molar-refractivity contribution in [2.75, 3.05) is 11.9 Å². The van der Waals surface area contributed by atoms with E-state index in [0.717, 1.165) is 36.1 Å². The van der Waals surface area contributed by atoms with Gasteiger partial charge in [-0.15, -0.1) is 0 Å². The molecule has 0 radical (unpaired) electrons. The number of amides is 1. The second kappa shape index (κ2) is 6.41. The van der Waals surface area contributed by atoms with Crippen molar-refractivity contribution in [1.82, 2.24) is 14.5 Å². The lowest BCUT2D eigenvalue weighted by atomic mass is 10.1. The van der Waals surface area contributed by atoms with E-state index in [9.17, 15) is 4.79 Å². The van der Waals surface area contributed by atoms with Crippen LogP contribution in [0, 0.1) is 0 Å². The van der Waals surface area contributed by atoms with Crippen LogP contribution in [-0.2, 0) is 9.53 Å². The predicted molar refractivity (Wildman–Crippen MR) is 91.1 cm³/mol. The van der Waals surface area contributed by atoms with Gasteiger partial charge in [0.1, 0.15) is 18.2 Å². The Labute approximate surface area is 139 Å². The average molecular weight is 322 g/mol. The van der Waals surface area contributed by atoms with Gasteiger partial charge in [-0.05, 0) is 43.5 Å². The van der Waals surface area contributed by atoms with Crippen molar-refractivity contribution in [3.63, 3.8) is 0 Å². The van der Waals surface area contributed by atoms with E-state index in [1.165, 1.54) is 0 Å². The number of ether oxygens (including phenoxy) is 1. The highest BCUT2D eigenvalue weighted by Gasteiger charge is 2.21. The number of nitrogens with zero attached hydrogens (tertiary/aromatic N) is 3. The van der Waals surface area contributed by atoms with Gasteiger partial charge in [-0.25, -0.2) is 9.97 Å². The van der Waals surface area contributed by atoms with E-state index in [0.29, 0.717) is 12.3 Å². The average Bonchev–Trinajstić information content (AvgIpc) is 3.07. The summed E-state index contributed by atoms with van der Waals surface area (Å²) in [6.45, 7) is 0.656. The minimum Gasteiger partial charge on any atom is -0.368 e. The van der Waals surface area contributed by atoms with Crippen LogP contribution in [0.4, 0.5) is 5.69 Å². The molecule has 122 valence electrons. The first-order valence-electron chi connectivity index (χ1n) is 8.12. The topological polar surface area (TPSA) is 69.0 Å².